The highest BCUT2D eigenvalue weighted by molar-refractivity contribution is 5.99. The number of nitrogens with one attached hydrogen (secondary N) is 2. The summed E-state index contributed by atoms with van der Waals surface area (Å²) in [7, 11) is 1.73. The second kappa shape index (κ2) is 15.3. The summed E-state index contributed by atoms with van der Waals surface area (Å²) in [6.45, 7) is 13.6. The molecule has 2 aromatic rings. The molecule has 3 unspecified atom stereocenters. The number of morpholine rings is 1. The Hall–Kier alpha value is -2.98. The molecule has 0 radical (unpaired) electrons. The highest BCUT2D eigenvalue weighted by Crippen LogP contribution is 2.34. The molecule has 0 aliphatic carbocycles. The number of ether oxygens (including phenoxy) is 3. The van der Waals surface area contributed by atoms with Crippen LogP contribution >= 0.6 is 0 Å². The summed E-state index contributed by atoms with van der Waals surface area (Å²) < 4.78 is 16.7. The largest absolute Gasteiger partial charge is 0.383 e. The van der Waals surface area contributed by atoms with Gasteiger partial charge in [0.05, 0.1) is 25.7 Å². The van der Waals surface area contributed by atoms with Gasteiger partial charge < -0.3 is 29.7 Å². The molecule has 2 aromatic carbocycles. The second-order valence-electron chi connectivity index (χ2n) is 12.7. The molecule has 0 saturated carbocycles. The zero-order valence-corrected chi connectivity index (χ0v) is 26.9. The number of carbonyl (C=O) groups is 2. The number of amides is 2. The Morgan fingerprint density at radius 2 is 1.75 bits per heavy atom. The number of hydrogen-bond donors (Lipinski definition) is 2. The van der Waals surface area contributed by atoms with E-state index < -0.39 is 0 Å². The van der Waals surface area contributed by atoms with Crippen LogP contribution in [-0.2, 0) is 25.5 Å². The fourth-order valence-electron chi connectivity index (χ4n) is 6.89. The Kier molecular flexibility index (Phi) is 11.3. The molecule has 3 saturated heterocycles. The van der Waals surface area contributed by atoms with Crippen molar-refractivity contribution in [3.8, 4) is 11.1 Å². The lowest BCUT2D eigenvalue weighted by molar-refractivity contribution is -0.129. The minimum absolute atomic E-state index is 0.0186. The van der Waals surface area contributed by atoms with E-state index in [0.717, 1.165) is 94.2 Å². The molecule has 240 valence electrons. The smallest absolute Gasteiger partial charge is 0.251 e. The summed E-state index contributed by atoms with van der Waals surface area (Å²) in [4.78, 5) is 31.5. The van der Waals surface area contributed by atoms with Gasteiger partial charge in [0.1, 0.15) is 0 Å². The summed E-state index contributed by atoms with van der Waals surface area (Å²) in [5, 5.41) is 6.18. The average Bonchev–Trinajstić information content (AvgIpc) is 3.02. The zero-order chi connectivity index (χ0) is 31.1. The van der Waals surface area contributed by atoms with Crippen molar-refractivity contribution in [2.45, 2.75) is 58.7 Å². The van der Waals surface area contributed by atoms with Crippen LogP contribution in [0.5, 0.6) is 0 Å². The number of benzene rings is 2. The third kappa shape index (κ3) is 7.99. The average molecular weight is 607 g/mol. The Labute approximate surface area is 262 Å². The number of carbonyl (C=O) groups excluding carboxylic acids is 2. The third-order valence-corrected chi connectivity index (χ3v) is 9.52. The predicted molar refractivity (Wildman–Crippen MR) is 173 cm³/mol. The van der Waals surface area contributed by atoms with Crippen LogP contribution in [0.3, 0.4) is 0 Å². The quantitative estimate of drug-likeness (QED) is 0.399. The number of piperidine rings is 1. The molecule has 3 fully saturated rings. The Balaban J connectivity index is 1.45. The minimum atomic E-state index is -0.238. The van der Waals surface area contributed by atoms with Crippen molar-refractivity contribution in [2.24, 2.45) is 11.8 Å². The van der Waals surface area contributed by atoms with Crippen molar-refractivity contribution in [1.82, 2.24) is 15.5 Å². The van der Waals surface area contributed by atoms with Crippen LogP contribution in [0.15, 0.2) is 36.4 Å². The molecule has 3 aliphatic rings. The monoisotopic (exact) mass is 606 g/mol. The minimum Gasteiger partial charge on any atom is -0.383 e. The van der Waals surface area contributed by atoms with E-state index in [0.29, 0.717) is 24.8 Å². The molecule has 0 aromatic heterocycles. The van der Waals surface area contributed by atoms with E-state index >= 15 is 0 Å². The molecule has 5 rings (SSSR count). The Morgan fingerprint density at radius 3 is 2.43 bits per heavy atom. The molecular weight excluding hydrogens is 556 g/mol. The maximum absolute atomic E-state index is 13.9. The Morgan fingerprint density at radius 1 is 1.05 bits per heavy atom. The highest BCUT2D eigenvalue weighted by Gasteiger charge is 2.33. The van der Waals surface area contributed by atoms with E-state index in [2.05, 4.69) is 57.7 Å². The molecule has 44 heavy (non-hydrogen) atoms. The molecule has 0 spiro atoms. The van der Waals surface area contributed by atoms with Crippen LogP contribution in [0.4, 0.5) is 5.69 Å². The highest BCUT2D eigenvalue weighted by atomic mass is 16.5. The molecule has 9 heteroatoms. The first kappa shape index (κ1) is 32.4. The van der Waals surface area contributed by atoms with Gasteiger partial charge >= 0.3 is 0 Å². The van der Waals surface area contributed by atoms with Gasteiger partial charge in [0, 0.05) is 76.4 Å². The van der Waals surface area contributed by atoms with E-state index in [1.165, 1.54) is 5.56 Å². The van der Waals surface area contributed by atoms with Crippen LogP contribution in [0.25, 0.3) is 11.1 Å². The predicted octanol–water partition coefficient (Wildman–Crippen LogP) is 4.02. The van der Waals surface area contributed by atoms with Crippen LogP contribution in [-0.4, -0.2) is 95.1 Å². The van der Waals surface area contributed by atoms with Gasteiger partial charge in [-0.2, -0.15) is 0 Å². The van der Waals surface area contributed by atoms with Crippen LogP contribution in [0.2, 0.25) is 0 Å². The molecule has 3 heterocycles. The topological polar surface area (TPSA) is 92.4 Å². The lowest BCUT2D eigenvalue weighted by atomic mass is 9.84. The van der Waals surface area contributed by atoms with Gasteiger partial charge in [-0.1, -0.05) is 31.2 Å². The fraction of sp³-hybridized carbons (Fsp3) is 0.600. The van der Waals surface area contributed by atoms with Gasteiger partial charge in [-0.25, -0.2) is 0 Å². The summed E-state index contributed by atoms with van der Waals surface area (Å²) in [5.41, 5.74) is 5.96. The second-order valence-corrected chi connectivity index (χ2v) is 12.7. The van der Waals surface area contributed by atoms with Gasteiger partial charge in [0.15, 0.2) is 0 Å². The first-order chi connectivity index (χ1) is 21.3. The normalized spacial score (nSPS) is 23.3. The van der Waals surface area contributed by atoms with Crippen molar-refractivity contribution >= 4 is 17.5 Å². The van der Waals surface area contributed by atoms with Crippen molar-refractivity contribution in [1.29, 1.82) is 0 Å². The van der Waals surface area contributed by atoms with Crippen molar-refractivity contribution in [3.63, 3.8) is 0 Å². The molecule has 0 bridgehead atoms. The van der Waals surface area contributed by atoms with E-state index in [4.69, 9.17) is 14.2 Å². The maximum atomic E-state index is 13.9. The summed E-state index contributed by atoms with van der Waals surface area (Å²) in [5.74, 6) is -0.161. The number of methoxy groups -OCH3 is 1. The molecule has 3 aliphatic heterocycles. The van der Waals surface area contributed by atoms with Gasteiger partial charge in [-0.15, -0.1) is 0 Å². The van der Waals surface area contributed by atoms with E-state index in [1.807, 2.05) is 19.9 Å². The maximum Gasteiger partial charge on any atom is 0.251 e. The van der Waals surface area contributed by atoms with E-state index in [1.54, 1.807) is 7.11 Å². The SMILES string of the molecule is COCCN(c1cc(-c2ccc(CN3CCOCC3)cc2)cc(C(=O)NCC2C(=O)NC(C)CC2C)c1C)C1CCOCC1. The summed E-state index contributed by atoms with van der Waals surface area (Å²) in [6.07, 6.45) is 2.77. The summed E-state index contributed by atoms with van der Waals surface area (Å²) in [6, 6.07) is 13.4. The fourth-order valence-corrected chi connectivity index (χ4v) is 6.89. The van der Waals surface area contributed by atoms with E-state index in [9.17, 15) is 9.59 Å². The first-order valence-corrected chi connectivity index (χ1v) is 16.3. The van der Waals surface area contributed by atoms with Crippen LogP contribution in [0, 0.1) is 18.8 Å². The van der Waals surface area contributed by atoms with E-state index in [-0.39, 0.29) is 29.7 Å². The lowest BCUT2D eigenvalue weighted by Crippen LogP contribution is -2.50. The molecule has 9 nitrogen and oxygen atoms in total. The number of nitrogens with zero attached hydrogens (tertiary/aromatic N) is 2. The first-order valence-electron chi connectivity index (χ1n) is 16.3. The third-order valence-electron chi connectivity index (χ3n) is 9.52. The van der Waals surface area contributed by atoms with Crippen molar-refractivity contribution in [2.75, 3.05) is 71.2 Å². The molecule has 3 atom stereocenters. The molecular formula is C35H50N4O5. The van der Waals surface area contributed by atoms with Crippen LogP contribution < -0.4 is 15.5 Å². The van der Waals surface area contributed by atoms with Crippen molar-refractivity contribution in [3.05, 3.63) is 53.1 Å². The molecule has 2 N–H and O–H groups in total. The Bertz CT molecular complexity index is 1260. The van der Waals surface area contributed by atoms with Gasteiger partial charge in [0.2, 0.25) is 5.91 Å². The van der Waals surface area contributed by atoms with Crippen LogP contribution in [0.1, 0.15) is 54.6 Å². The molecule has 2 amide bonds. The van der Waals surface area contributed by atoms with Crippen molar-refractivity contribution < 1.29 is 23.8 Å². The number of hydrogen-bond acceptors (Lipinski definition) is 7. The number of rotatable bonds is 11. The standard InChI is InChI=1S/C35H50N4O5/c1-24-19-25(2)37-35(41)32(24)22-36-34(40)31-20-29(28-7-5-27(6-8-28)23-38-11-17-44-18-12-38)21-33(26(31)3)39(13-16-42-4)30-9-14-43-15-10-30/h5-8,20-21,24-25,30,32H,9-19,22-23H2,1-4H3,(H,36,40)(H,37,41). The lowest BCUT2D eigenvalue weighted by Gasteiger charge is -2.37. The number of anilines is 1. The van der Waals surface area contributed by atoms with Gasteiger partial charge in [-0.05, 0) is 73.4 Å². The van der Waals surface area contributed by atoms with Gasteiger partial charge in [0.25, 0.3) is 5.91 Å². The van der Waals surface area contributed by atoms with Gasteiger partial charge in [-0.3, -0.25) is 14.5 Å². The zero-order valence-electron chi connectivity index (χ0n) is 26.9. The summed E-state index contributed by atoms with van der Waals surface area (Å²) >= 11 is 0.